The van der Waals surface area contributed by atoms with E-state index in [0.29, 0.717) is 23.0 Å². The number of ketones is 2. The molecule has 0 unspecified atom stereocenters. The van der Waals surface area contributed by atoms with Crippen molar-refractivity contribution in [1.82, 2.24) is 0 Å². The Morgan fingerprint density at radius 1 is 0.600 bits per heavy atom. The van der Waals surface area contributed by atoms with Crippen molar-refractivity contribution in [3.8, 4) is 0 Å². The third kappa shape index (κ3) is 10.9. The van der Waals surface area contributed by atoms with Gasteiger partial charge in [0.25, 0.3) is 0 Å². The maximum Gasteiger partial charge on any atom is 0.306 e. The molecular weight excluding hydrogens is 564 g/mol. The molecule has 2 aromatic carbocycles. The summed E-state index contributed by atoms with van der Waals surface area (Å²) in [6, 6.07) is 15.5. The van der Waals surface area contributed by atoms with Gasteiger partial charge in [0, 0.05) is 24.0 Å². The number of rotatable bonds is 16. The van der Waals surface area contributed by atoms with E-state index in [1.165, 1.54) is 75.3 Å². The van der Waals surface area contributed by atoms with E-state index in [9.17, 15) is 19.2 Å². The maximum absolute atomic E-state index is 12.7. The Hall–Kier alpha value is -3.28. The summed E-state index contributed by atoms with van der Waals surface area (Å²) in [6.45, 7) is 3.86. The maximum atomic E-state index is 12.7. The molecule has 0 heterocycles. The summed E-state index contributed by atoms with van der Waals surface area (Å²) in [4.78, 5) is 49.7. The number of esters is 2. The molecule has 0 atom stereocenters. The van der Waals surface area contributed by atoms with Crippen LogP contribution in [0.2, 0.25) is 0 Å². The van der Waals surface area contributed by atoms with Crippen molar-refractivity contribution in [1.29, 1.82) is 0 Å². The van der Waals surface area contributed by atoms with Gasteiger partial charge in [-0.25, -0.2) is 0 Å². The molecular formula is C39H52O6. The van der Waals surface area contributed by atoms with Gasteiger partial charge in [-0.2, -0.15) is 0 Å². The second-order valence-corrected chi connectivity index (χ2v) is 13.3. The minimum absolute atomic E-state index is 0.000807. The zero-order valence-corrected chi connectivity index (χ0v) is 27.4. The molecule has 2 aliphatic rings. The number of benzene rings is 2. The number of hydrogen-bond donors (Lipinski definition) is 0. The van der Waals surface area contributed by atoms with Gasteiger partial charge in [0.05, 0.1) is 0 Å². The van der Waals surface area contributed by atoms with Crippen molar-refractivity contribution in [2.75, 3.05) is 13.2 Å². The molecule has 244 valence electrons. The van der Waals surface area contributed by atoms with E-state index in [0.717, 1.165) is 24.7 Å². The van der Waals surface area contributed by atoms with Crippen LogP contribution in [0.15, 0.2) is 48.5 Å². The van der Waals surface area contributed by atoms with Gasteiger partial charge in [-0.15, -0.1) is 0 Å². The van der Waals surface area contributed by atoms with Gasteiger partial charge < -0.3 is 9.47 Å². The number of hydrogen-bond acceptors (Lipinski definition) is 6. The average Bonchev–Trinajstić information content (AvgIpc) is 3.07. The second-order valence-electron chi connectivity index (χ2n) is 13.3. The average molecular weight is 617 g/mol. The molecule has 6 heteroatoms. The zero-order chi connectivity index (χ0) is 32.0. The van der Waals surface area contributed by atoms with Crippen LogP contribution in [0, 0.1) is 11.8 Å². The van der Waals surface area contributed by atoms with E-state index in [-0.39, 0.29) is 44.0 Å². The molecule has 0 radical (unpaired) electrons. The van der Waals surface area contributed by atoms with Gasteiger partial charge in [-0.05, 0) is 98.7 Å². The van der Waals surface area contributed by atoms with Crippen LogP contribution in [-0.2, 0) is 19.1 Å². The summed E-state index contributed by atoms with van der Waals surface area (Å²) in [5, 5.41) is 0. The summed E-state index contributed by atoms with van der Waals surface area (Å²) in [6.07, 6.45) is 15.1. The Bertz CT molecular complexity index is 1250. The second kappa shape index (κ2) is 18.0. The number of Topliss-reactive ketones (excluding diaryl/α,β-unsaturated/α-hetero) is 2. The predicted molar refractivity (Wildman–Crippen MR) is 177 cm³/mol. The monoisotopic (exact) mass is 616 g/mol. The smallest absolute Gasteiger partial charge is 0.306 e. The molecule has 2 aromatic rings. The quantitative estimate of drug-likeness (QED) is 0.138. The van der Waals surface area contributed by atoms with E-state index in [1.54, 1.807) is 6.07 Å². The molecule has 0 spiro atoms. The summed E-state index contributed by atoms with van der Waals surface area (Å²) >= 11 is 0. The van der Waals surface area contributed by atoms with Crippen LogP contribution >= 0.6 is 0 Å². The van der Waals surface area contributed by atoms with Crippen LogP contribution < -0.4 is 0 Å². The minimum atomic E-state index is -0.534. The van der Waals surface area contributed by atoms with Crippen molar-refractivity contribution in [3.05, 3.63) is 70.8 Å². The van der Waals surface area contributed by atoms with Crippen LogP contribution in [0.4, 0.5) is 0 Å². The topological polar surface area (TPSA) is 86.7 Å². The molecule has 2 saturated carbocycles. The first-order chi connectivity index (χ1) is 21.9. The standard InChI is InChI=1S/C39H52O6/c1-3-7-28-13-17-30(18-14-28)31-21-23-33(24-22-31)36(40)26-44-38(42)11-6-12-39(43)45-27-37(41)35-10-5-9-34(25-35)32-19-15-29(8-4-2)16-20-32/h5,9-10,21-25,28-30,32H,3-4,6-8,11-20,26-27H2,1-2H3. The highest BCUT2D eigenvalue weighted by atomic mass is 16.5. The van der Waals surface area contributed by atoms with E-state index in [2.05, 4.69) is 19.9 Å². The van der Waals surface area contributed by atoms with Gasteiger partial charge in [0.15, 0.2) is 24.8 Å². The van der Waals surface area contributed by atoms with Crippen LogP contribution in [0.25, 0.3) is 0 Å². The first-order valence-corrected chi connectivity index (χ1v) is 17.4. The summed E-state index contributed by atoms with van der Waals surface area (Å²) in [5.74, 6) is 1.18. The number of carbonyl (C=O) groups is 4. The Kier molecular flexibility index (Phi) is 13.8. The molecule has 0 bridgehead atoms. The lowest BCUT2D eigenvalue weighted by Crippen LogP contribution is -2.17. The fourth-order valence-corrected chi connectivity index (χ4v) is 7.27. The van der Waals surface area contributed by atoms with Crippen LogP contribution in [0.1, 0.15) is 154 Å². The van der Waals surface area contributed by atoms with Crippen LogP contribution in [0.3, 0.4) is 0 Å². The highest BCUT2D eigenvalue weighted by Crippen LogP contribution is 2.38. The molecule has 0 saturated heterocycles. The van der Waals surface area contributed by atoms with E-state index in [1.807, 2.05) is 36.4 Å². The lowest BCUT2D eigenvalue weighted by atomic mass is 9.77. The summed E-state index contributed by atoms with van der Waals surface area (Å²) < 4.78 is 10.4. The molecule has 2 fully saturated rings. The Morgan fingerprint density at radius 3 is 1.60 bits per heavy atom. The molecule has 6 nitrogen and oxygen atoms in total. The van der Waals surface area contributed by atoms with Crippen molar-refractivity contribution in [3.63, 3.8) is 0 Å². The van der Waals surface area contributed by atoms with Crippen molar-refractivity contribution < 1.29 is 28.7 Å². The van der Waals surface area contributed by atoms with Crippen LogP contribution in [-0.4, -0.2) is 36.7 Å². The Labute approximate surface area is 269 Å². The highest BCUT2D eigenvalue weighted by molar-refractivity contribution is 5.98. The molecule has 0 amide bonds. The summed E-state index contributed by atoms with van der Waals surface area (Å²) in [7, 11) is 0. The fraction of sp³-hybridized carbons (Fsp3) is 0.590. The van der Waals surface area contributed by atoms with E-state index >= 15 is 0 Å². The normalized spacial score (nSPS) is 21.6. The summed E-state index contributed by atoms with van der Waals surface area (Å²) in [5.41, 5.74) is 3.56. The number of ether oxygens (including phenoxy) is 2. The van der Waals surface area contributed by atoms with Gasteiger partial charge >= 0.3 is 11.9 Å². The van der Waals surface area contributed by atoms with Crippen molar-refractivity contribution in [2.24, 2.45) is 11.8 Å². The Morgan fingerprint density at radius 2 is 1.09 bits per heavy atom. The third-order valence-corrected chi connectivity index (χ3v) is 9.96. The lowest BCUT2D eigenvalue weighted by Gasteiger charge is -2.28. The molecule has 45 heavy (non-hydrogen) atoms. The van der Waals surface area contributed by atoms with E-state index in [4.69, 9.17) is 9.47 Å². The first-order valence-electron chi connectivity index (χ1n) is 17.4. The van der Waals surface area contributed by atoms with E-state index < -0.39 is 11.9 Å². The molecule has 0 N–H and O–H groups in total. The molecule has 2 aliphatic carbocycles. The van der Waals surface area contributed by atoms with Gasteiger partial charge in [0.1, 0.15) is 0 Å². The largest absolute Gasteiger partial charge is 0.457 e. The first kappa shape index (κ1) is 34.6. The molecule has 0 aromatic heterocycles. The van der Waals surface area contributed by atoms with Gasteiger partial charge in [0.2, 0.25) is 0 Å². The zero-order valence-electron chi connectivity index (χ0n) is 27.4. The highest BCUT2D eigenvalue weighted by Gasteiger charge is 2.24. The van der Waals surface area contributed by atoms with Crippen molar-refractivity contribution >= 4 is 23.5 Å². The third-order valence-electron chi connectivity index (χ3n) is 9.96. The molecule has 0 aliphatic heterocycles. The van der Waals surface area contributed by atoms with Crippen molar-refractivity contribution in [2.45, 2.75) is 122 Å². The molecule has 4 rings (SSSR count). The predicted octanol–water partition coefficient (Wildman–Crippen LogP) is 9.16. The number of carbonyl (C=O) groups excluding carboxylic acids is 4. The lowest BCUT2D eigenvalue weighted by molar-refractivity contribution is -0.144. The fourth-order valence-electron chi connectivity index (χ4n) is 7.27. The Balaban J connectivity index is 1.10. The van der Waals surface area contributed by atoms with Gasteiger partial charge in [-0.1, -0.05) is 82.0 Å². The SMILES string of the molecule is CCCC1CCC(c2ccc(C(=O)COC(=O)CCCC(=O)OCC(=O)c3cccc(C4CCC(CCC)CC4)c3)cc2)CC1. The minimum Gasteiger partial charge on any atom is -0.457 e. The van der Waals surface area contributed by atoms with Gasteiger partial charge in [-0.3, -0.25) is 19.2 Å². The van der Waals surface area contributed by atoms with Crippen LogP contribution in [0.5, 0.6) is 0 Å².